The lowest BCUT2D eigenvalue weighted by Gasteiger charge is -2.12. The summed E-state index contributed by atoms with van der Waals surface area (Å²) in [5.41, 5.74) is 2.94. The van der Waals surface area contributed by atoms with Gasteiger partial charge < -0.3 is 4.74 Å². The van der Waals surface area contributed by atoms with E-state index in [-0.39, 0.29) is 17.1 Å². The highest BCUT2D eigenvalue weighted by Gasteiger charge is 2.25. The largest absolute Gasteiger partial charge is 0.466 e. The van der Waals surface area contributed by atoms with Crippen molar-refractivity contribution in [3.8, 4) is 11.1 Å². The standard InChI is InChI=1S/C22H24O4S2/c1-3-4-12-27-20-8-6-5-7-19(20)16-9-10-21-18(14-16)15-17(22(23)26-2)11-13-28(21,24)25/h5-10,14-15H,3-4,11-13H2,1-2H3. The van der Waals surface area contributed by atoms with Crippen molar-refractivity contribution in [2.75, 3.05) is 18.6 Å². The van der Waals surface area contributed by atoms with E-state index in [1.54, 1.807) is 12.1 Å². The average Bonchev–Trinajstić information content (AvgIpc) is 2.83. The van der Waals surface area contributed by atoms with Crippen molar-refractivity contribution >= 4 is 33.6 Å². The topological polar surface area (TPSA) is 60.4 Å². The molecule has 0 bridgehead atoms. The van der Waals surface area contributed by atoms with Crippen LogP contribution >= 0.6 is 11.8 Å². The molecule has 1 aliphatic rings. The molecule has 0 spiro atoms. The Morgan fingerprint density at radius 1 is 1.18 bits per heavy atom. The van der Waals surface area contributed by atoms with E-state index in [0.29, 0.717) is 11.1 Å². The maximum atomic E-state index is 12.6. The first kappa shape index (κ1) is 20.7. The van der Waals surface area contributed by atoms with Crippen LogP contribution < -0.4 is 0 Å². The molecule has 2 aromatic carbocycles. The lowest BCUT2D eigenvalue weighted by molar-refractivity contribution is -0.136. The van der Waals surface area contributed by atoms with Crippen LogP contribution in [0.1, 0.15) is 31.7 Å². The quantitative estimate of drug-likeness (QED) is 0.378. The molecule has 0 N–H and O–H groups in total. The molecule has 1 aliphatic heterocycles. The van der Waals surface area contributed by atoms with Crippen LogP contribution in [-0.4, -0.2) is 33.0 Å². The van der Waals surface area contributed by atoms with Crippen molar-refractivity contribution in [2.45, 2.75) is 36.0 Å². The second-order valence-electron chi connectivity index (χ2n) is 6.68. The molecule has 6 heteroatoms. The first-order chi connectivity index (χ1) is 13.5. The summed E-state index contributed by atoms with van der Waals surface area (Å²) < 4.78 is 30.1. The Hall–Kier alpha value is -2.05. The zero-order valence-corrected chi connectivity index (χ0v) is 17.7. The first-order valence-corrected chi connectivity index (χ1v) is 12.0. The summed E-state index contributed by atoms with van der Waals surface area (Å²) in [4.78, 5) is 13.4. The number of sulfone groups is 1. The van der Waals surface area contributed by atoms with Gasteiger partial charge in [0.25, 0.3) is 0 Å². The number of thioether (sulfide) groups is 1. The number of benzene rings is 2. The Kier molecular flexibility index (Phi) is 6.62. The number of unbranched alkanes of at least 4 members (excludes halogenated alkanes) is 1. The van der Waals surface area contributed by atoms with Gasteiger partial charge in [-0.1, -0.05) is 37.6 Å². The molecule has 0 fully saturated rings. The Labute approximate surface area is 170 Å². The monoisotopic (exact) mass is 416 g/mol. The third-order valence-corrected chi connectivity index (χ3v) is 7.66. The Morgan fingerprint density at radius 3 is 2.71 bits per heavy atom. The molecule has 2 aromatic rings. The van der Waals surface area contributed by atoms with Gasteiger partial charge in [0.2, 0.25) is 0 Å². The van der Waals surface area contributed by atoms with Crippen molar-refractivity contribution in [3.05, 3.63) is 53.6 Å². The number of methoxy groups -OCH3 is 1. The molecular weight excluding hydrogens is 392 g/mol. The number of carbonyl (C=O) groups excluding carboxylic acids is 1. The minimum absolute atomic E-state index is 0.0935. The third kappa shape index (κ3) is 4.50. The number of rotatable bonds is 6. The highest BCUT2D eigenvalue weighted by Crippen LogP contribution is 2.35. The lowest BCUT2D eigenvalue weighted by Crippen LogP contribution is -2.10. The minimum atomic E-state index is -3.44. The number of fused-ring (bicyclic) bond motifs is 1. The third-order valence-electron chi connectivity index (χ3n) is 4.72. The molecule has 0 aromatic heterocycles. The van der Waals surface area contributed by atoms with E-state index >= 15 is 0 Å². The molecule has 0 radical (unpaired) electrons. The van der Waals surface area contributed by atoms with E-state index < -0.39 is 15.8 Å². The fourth-order valence-electron chi connectivity index (χ4n) is 3.18. The zero-order valence-electron chi connectivity index (χ0n) is 16.1. The fraction of sp³-hybridized carbons (Fsp3) is 0.318. The van der Waals surface area contributed by atoms with Crippen molar-refractivity contribution in [1.29, 1.82) is 0 Å². The molecule has 1 heterocycles. The van der Waals surface area contributed by atoms with Crippen molar-refractivity contribution in [3.63, 3.8) is 0 Å². The molecule has 0 aliphatic carbocycles. The van der Waals surface area contributed by atoms with Crippen LogP contribution in [0.15, 0.2) is 57.8 Å². The summed E-state index contributed by atoms with van der Waals surface area (Å²) in [7, 11) is -2.14. The highest BCUT2D eigenvalue weighted by molar-refractivity contribution is 7.99. The molecule has 148 valence electrons. The predicted octanol–water partition coefficient (Wildman–Crippen LogP) is 4.98. The smallest absolute Gasteiger partial charge is 0.333 e. The summed E-state index contributed by atoms with van der Waals surface area (Å²) in [5.74, 6) is 0.465. The van der Waals surface area contributed by atoms with Gasteiger partial charge in [-0.25, -0.2) is 13.2 Å². The molecule has 28 heavy (non-hydrogen) atoms. The zero-order chi connectivity index (χ0) is 20.1. The summed E-state index contributed by atoms with van der Waals surface area (Å²) in [6.45, 7) is 2.17. The number of hydrogen-bond acceptors (Lipinski definition) is 5. The van der Waals surface area contributed by atoms with Crippen LogP contribution in [0, 0.1) is 0 Å². The molecule has 0 unspecified atom stereocenters. The van der Waals surface area contributed by atoms with Gasteiger partial charge >= 0.3 is 5.97 Å². The van der Waals surface area contributed by atoms with Gasteiger partial charge in [0.1, 0.15) is 0 Å². The van der Waals surface area contributed by atoms with Gasteiger partial charge in [-0.15, -0.1) is 11.8 Å². The van der Waals surface area contributed by atoms with E-state index in [2.05, 4.69) is 13.0 Å². The van der Waals surface area contributed by atoms with Crippen molar-refractivity contribution in [1.82, 2.24) is 0 Å². The molecule has 0 saturated carbocycles. The summed E-state index contributed by atoms with van der Waals surface area (Å²) in [5, 5.41) is 0. The summed E-state index contributed by atoms with van der Waals surface area (Å²) in [6.07, 6.45) is 4.10. The second kappa shape index (κ2) is 8.97. The molecule has 0 atom stereocenters. The minimum Gasteiger partial charge on any atom is -0.466 e. The lowest BCUT2D eigenvalue weighted by atomic mass is 10.0. The molecular formula is C22H24O4S2. The van der Waals surface area contributed by atoms with Crippen LogP contribution in [0.25, 0.3) is 17.2 Å². The van der Waals surface area contributed by atoms with E-state index in [1.165, 1.54) is 12.0 Å². The van der Waals surface area contributed by atoms with Crippen LogP contribution in [0.2, 0.25) is 0 Å². The van der Waals surface area contributed by atoms with Crippen LogP contribution in [0.3, 0.4) is 0 Å². The molecule has 4 nitrogen and oxygen atoms in total. The van der Waals surface area contributed by atoms with E-state index in [9.17, 15) is 13.2 Å². The molecule has 0 saturated heterocycles. The van der Waals surface area contributed by atoms with Gasteiger partial charge in [-0.05, 0) is 59.6 Å². The average molecular weight is 417 g/mol. The maximum absolute atomic E-state index is 12.6. The maximum Gasteiger partial charge on any atom is 0.333 e. The Balaban J connectivity index is 2.08. The van der Waals surface area contributed by atoms with Crippen LogP contribution in [0.4, 0.5) is 0 Å². The van der Waals surface area contributed by atoms with Crippen LogP contribution in [-0.2, 0) is 19.4 Å². The van der Waals surface area contributed by atoms with E-state index in [1.807, 2.05) is 42.1 Å². The number of ether oxygens (including phenoxy) is 1. The van der Waals surface area contributed by atoms with Gasteiger partial charge in [0.05, 0.1) is 17.8 Å². The Morgan fingerprint density at radius 2 is 1.96 bits per heavy atom. The molecule has 3 rings (SSSR count). The van der Waals surface area contributed by atoms with E-state index in [0.717, 1.165) is 29.7 Å². The second-order valence-corrected chi connectivity index (χ2v) is 9.90. The number of esters is 1. The van der Waals surface area contributed by atoms with Crippen molar-refractivity contribution in [2.24, 2.45) is 0 Å². The Bertz CT molecular complexity index is 1010. The predicted molar refractivity (Wildman–Crippen MR) is 114 cm³/mol. The van der Waals surface area contributed by atoms with Gasteiger partial charge in [-0.2, -0.15) is 0 Å². The summed E-state index contributed by atoms with van der Waals surface area (Å²) in [6, 6.07) is 13.5. The normalized spacial score (nSPS) is 15.3. The fourth-order valence-corrected chi connectivity index (χ4v) is 5.81. The van der Waals surface area contributed by atoms with Gasteiger partial charge in [0, 0.05) is 10.5 Å². The number of hydrogen-bond donors (Lipinski definition) is 0. The SMILES string of the molecule is CCCCSc1ccccc1-c1ccc2c(c1)C=C(C(=O)OC)CCS2(=O)=O. The highest BCUT2D eigenvalue weighted by atomic mass is 32.2. The van der Waals surface area contributed by atoms with Crippen molar-refractivity contribution < 1.29 is 17.9 Å². The van der Waals surface area contributed by atoms with E-state index in [4.69, 9.17) is 4.74 Å². The molecule has 0 amide bonds. The van der Waals surface area contributed by atoms with Gasteiger partial charge in [-0.3, -0.25) is 0 Å². The van der Waals surface area contributed by atoms with Gasteiger partial charge in [0.15, 0.2) is 9.84 Å². The number of carbonyl (C=O) groups is 1. The van der Waals surface area contributed by atoms with Crippen LogP contribution in [0.5, 0.6) is 0 Å². The summed E-state index contributed by atoms with van der Waals surface area (Å²) >= 11 is 1.81. The first-order valence-electron chi connectivity index (χ1n) is 9.34.